The Hall–Kier alpha value is -0.120. The van der Waals surface area contributed by atoms with Crippen molar-refractivity contribution in [3.05, 3.63) is 0 Å². The van der Waals surface area contributed by atoms with Crippen molar-refractivity contribution in [1.29, 1.82) is 0 Å². The Morgan fingerprint density at radius 1 is 1.54 bits per heavy atom. The zero-order valence-corrected chi connectivity index (χ0v) is 9.16. The zero-order valence-electron chi connectivity index (χ0n) is 9.16. The summed E-state index contributed by atoms with van der Waals surface area (Å²) in [6, 6.07) is 1.27. The van der Waals surface area contributed by atoms with E-state index in [2.05, 4.69) is 30.8 Å². The van der Waals surface area contributed by atoms with Crippen LogP contribution in [0.1, 0.15) is 19.8 Å². The number of rotatable bonds is 3. The quantitative estimate of drug-likeness (QED) is 0.689. The van der Waals surface area contributed by atoms with Crippen LogP contribution in [0.15, 0.2) is 0 Å². The molecule has 0 aliphatic carbocycles. The van der Waals surface area contributed by atoms with E-state index in [4.69, 9.17) is 5.73 Å². The van der Waals surface area contributed by atoms with Crippen LogP contribution in [0.5, 0.6) is 0 Å². The molecule has 13 heavy (non-hydrogen) atoms. The van der Waals surface area contributed by atoms with E-state index in [0.29, 0.717) is 6.04 Å². The molecule has 0 aromatic rings. The summed E-state index contributed by atoms with van der Waals surface area (Å²) in [5, 5.41) is 0. The molecule has 1 saturated heterocycles. The number of piperidine rings is 1. The SMILES string of the molecule is CC(CN)N1CCCC(N(C)C)C1. The molecule has 0 spiro atoms. The first-order chi connectivity index (χ1) is 6.15. The maximum Gasteiger partial charge on any atom is 0.0217 e. The molecule has 0 saturated carbocycles. The molecule has 0 bridgehead atoms. The summed E-state index contributed by atoms with van der Waals surface area (Å²) in [5.74, 6) is 0. The van der Waals surface area contributed by atoms with Crippen LogP contribution in [-0.4, -0.2) is 55.6 Å². The summed E-state index contributed by atoms with van der Waals surface area (Å²) in [6.07, 6.45) is 2.65. The molecular weight excluding hydrogens is 162 g/mol. The predicted molar refractivity (Wildman–Crippen MR) is 56.8 cm³/mol. The van der Waals surface area contributed by atoms with Gasteiger partial charge in [-0.15, -0.1) is 0 Å². The summed E-state index contributed by atoms with van der Waals surface area (Å²) in [4.78, 5) is 4.84. The van der Waals surface area contributed by atoms with Gasteiger partial charge in [-0.3, -0.25) is 4.90 Å². The summed E-state index contributed by atoms with van der Waals surface area (Å²) in [5.41, 5.74) is 5.67. The zero-order chi connectivity index (χ0) is 9.84. The third kappa shape index (κ3) is 2.93. The van der Waals surface area contributed by atoms with Gasteiger partial charge in [0.1, 0.15) is 0 Å². The van der Waals surface area contributed by atoms with Crippen LogP contribution in [0.3, 0.4) is 0 Å². The average Bonchev–Trinajstić information content (AvgIpc) is 2.17. The van der Waals surface area contributed by atoms with E-state index in [0.717, 1.165) is 12.6 Å². The molecule has 1 aliphatic rings. The van der Waals surface area contributed by atoms with Gasteiger partial charge in [0.2, 0.25) is 0 Å². The van der Waals surface area contributed by atoms with E-state index in [-0.39, 0.29) is 0 Å². The van der Waals surface area contributed by atoms with Crippen LogP contribution < -0.4 is 5.73 Å². The Kier molecular flexibility index (Phi) is 4.16. The first-order valence-electron chi connectivity index (χ1n) is 5.25. The Morgan fingerprint density at radius 2 is 2.23 bits per heavy atom. The lowest BCUT2D eigenvalue weighted by Gasteiger charge is -2.39. The summed E-state index contributed by atoms with van der Waals surface area (Å²) in [7, 11) is 4.34. The van der Waals surface area contributed by atoms with Gasteiger partial charge in [-0.2, -0.15) is 0 Å². The lowest BCUT2D eigenvalue weighted by molar-refractivity contribution is 0.105. The van der Waals surface area contributed by atoms with Crippen molar-refractivity contribution in [3.63, 3.8) is 0 Å². The third-order valence-electron chi connectivity index (χ3n) is 3.12. The van der Waals surface area contributed by atoms with E-state index < -0.39 is 0 Å². The van der Waals surface area contributed by atoms with E-state index in [1.165, 1.54) is 25.9 Å². The van der Waals surface area contributed by atoms with Gasteiger partial charge >= 0.3 is 0 Å². The molecule has 3 heteroatoms. The van der Waals surface area contributed by atoms with E-state index in [1.807, 2.05) is 0 Å². The maximum absolute atomic E-state index is 5.67. The van der Waals surface area contributed by atoms with Gasteiger partial charge in [0.15, 0.2) is 0 Å². The lowest BCUT2D eigenvalue weighted by Crippen LogP contribution is -2.50. The van der Waals surface area contributed by atoms with Gasteiger partial charge in [0.05, 0.1) is 0 Å². The largest absolute Gasteiger partial charge is 0.329 e. The standard InChI is InChI=1S/C10H23N3/c1-9(7-11)13-6-4-5-10(8-13)12(2)3/h9-10H,4-8,11H2,1-3H3. The Labute approximate surface area is 81.9 Å². The van der Waals surface area contributed by atoms with Crippen LogP contribution in [0.2, 0.25) is 0 Å². The minimum absolute atomic E-state index is 0.544. The van der Waals surface area contributed by atoms with Crippen LogP contribution in [-0.2, 0) is 0 Å². The topological polar surface area (TPSA) is 32.5 Å². The summed E-state index contributed by atoms with van der Waals surface area (Å²) in [6.45, 7) is 5.41. The fraction of sp³-hybridized carbons (Fsp3) is 1.00. The lowest BCUT2D eigenvalue weighted by atomic mass is 10.0. The number of hydrogen-bond donors (Lipinski definition) is 1. The first kappa shape index (κ1) is 11.0. The summed E-state index contributed by atoms with van der Waals surface area (Å²) >= 11 is 0. The Morgan fingerprint density at radius 3 is 2.77 bits per heavy atom. The monoisotopic (exact) mass is 185 g/mol. The average molecular weight is 185 g/mol. The van der Waals surface area contributed by atoms with Crippen LogP contribution in [0, 0.1) is 0 Å². The molecule has 0 amide bonds. The molecule has 0 aromatic carbocycles. The smallest absolute Gasteiger partial charge is 0.0217 e. The molecule has 78 valence electrons. The van der Waals surface area contributed by atoms with Gasteiger partial charge in [-0.1, -0.05) is 0 Å². The number of hydrogen-bond acceptors (Lipinski definition) is 3. The maximum atomic E-state index is 5.67. The molecule has 0 aromatic heterocycles. The molecule has 2 unspecified atom stereocenters. The van der Waals surface area contributed by atoms with Gasteiger partial charge in [0, 0.05) is 25.2 Å². The third-order valence-corrected chi connectivity index (χ3v) is 3.12. The molecule has 1 aliphatic heterocycles. The molecule has 0 radical (unpaired) electrons. The van der Waals surface area contributed by atoms with Crippen molar-refractivity contribution in [2.45, 2.75) is 31.8 Å². The van der Waals surface area contributed by atoms with Crippen molar-refractivity contribution < 1.29 is 0 Å². The number of nitrogens with zero attached hydrogens (tertiary/aromatic N) is 2. The van der Waals surface area contributed by atoms with Crippen molar-refractivity contribution in [2.24, 2.45) is 5.73 Å². The normalized spacial score (nSPS) is 27.9. The second kappa shape index (κ2) is 4.94. The van der Waals surface area contributed by atoms with Gasteiger partial charge in [-0.05, 0) is 40.4 Å². The Balaban J connectivity index is 2.41. The molecule has 3 nitrogen and oxygen atoms in total. The second-order valence-corrected chi connectivity index (χ2v) is 4.34. The molecule has 1 rings (SSSR count). The number of likely N-dealkylation sites (N-methyl/N-ethyl adjacent to an activating group) is 1. The fourth-order valence-electron chi connectivity index (χ4n) is 1.95. The van der Waals surface area contributed by atoms with Gasteiger partial charge in [0.25, 0.3) is 0 Å². The van der Waals surface area contributed by atoms with Crippen molar-refractivity contribution in [3.8, 4) is 0 Å². The highest BCUT2D eigenvalue weighted by Crippen LogP contribution is 2.15. The molecule has 2 atom stereocenters. The highest BCUT2D eigenvalue weighted by atomic mass is 15.2. The highest BCUT2D eigenvalue weighted by Gasteiger charge is 2.23. The van der Waals surface area contributed by atoms with Gasteiger partial charge in [-0.25, -0.2) is 0 Å². The Bertz CT molecular complexity index is 147. The van der Waals surface area contributed by atoms with Gasteiger partial charge < -0.3 is 10.6 Å². The van der Waals surface area contributed by atoms with Crippen molar-refractivity contribution >= 4 is 0 Å². The van der Waals surface area contributed by atoms with Crippen LogP contribution >= 0.6 is 0 Å². The number of likely N-dealkylation sites (tertiary alicyclic amines) is 1. The minimum Gasteiger partial charge on any atom is -0.329 e. The van der Waals surface area contributed by atoms with E-state index >= 15 is 0 Å². The molecule has 1 fully saturated rings. The second-order valence-electron chi connectivity index (χ2n) is 4.34. The van der Waals surface area contributed by atoms with E-state index in [9.17, 15) is 0 Å². The fourth-order valence-corrected chi connectivity index (χ4v) is 1.95. The van der Waals surface area contributed by atoms with Crippen LogP contribution in [0.25, 0.3) is 0 Å². The molecular formula is C10H23N3. The molecule has 2 N–H and O–H groups in total. The van der Waals surface area contributed by atoms with Crippen LogP contribution in [0.4, 0.5) is 0 Å². The summed E-state index contributed by atoms with van der Waals surface area (Å²) < 4.78 is 0. The number of nitrogens with two attached hydrogens (primary N) is 1. The van der Waals surface area contributed by atoms with E-state index in [1.54, 1.807) is 0 Å². The minimum atomic E-state index is 0.544. The van der Waals surface area contributed by atoms with Crippen molar-refractivity contribution in [1.82, 2.24) is 9.80 Å². The highest BCUT2D eigenvalue weighted by molar-refractivity contribution is 4.81. The van der Waals surface area contributed by atoms with Crippen molar-refractivity contribution in [2.75, 3.05) is 33.7 Å². The first-order valence-corrected chi connectivity index (χ1v) is 5.25. The molecule has 1 heterocycles. The predicted octanol–water partition coefficient (Wildman–Crippen LogP) is 0.360.